The number of benzene rings is 1. The maximum atomic E-state index is 13.4. The number of carbonyl (C=O) groups excluding carboxylic acids is 2. The topological polar surface area (TPSA) is 71.5 Å². The van der Waals surface area contributed by atoms with Gasteiger partial charge in [0.05, 0.1) is 5.56 Å². The number of anilines is 1. The Morgan fingerprint density at radius 2 is 1.79 bits per heavy atom. The lowest BCUT2D eigenvalue weighted by Gasteiger charge is -2.34. The summed E-state index contributed by atoms with van der Waals surface area (Å²) in [6.45, 7) is 5.98. The second-order valence-corrected chi connectivity index (χ2v) is 9.25. The molecule has 2 aromatic rings. The molecule has 1 N–H and O–H groups in total. The van der Waals surface area contributed by atoms with Crippen molar-refractivity contribution in [2.24, 2.45) is 0 Å². The summed E-state index contributed by atoms with van der Waals surface area (Å²) in [5.74, 6) is -0.784. The van der Waals surface area contributed by atoms with Crippen molar-refractivity contribution in [3.05, 3.63) is 58.4 Å². The molecular weight excluding hydrogens is 459 g/mol. The van der Waals surface area contributed by atoms with Gasteiger partial charge >= 0.3 is 12.3 Å². The number of aromatic nitrogens is 1. The lowest BCUT2D eigenvalue weighted by atomic mass is 9.87. The number of ether oxygens (including phenoxy) is 1. The van der Waals surface area contributed by atoms with E-state index in [1.807, 2.05) is 0 Å². The second kappa shape index (κ2) is 9.59. The minimum absolute atomic E-state index is 0.129. The molecule has 178 valence electrons. The zero-order chi connectivity index (χ0) is 24.4. The Morgan fingerprint density at radius 3 is 2.36 bits per heavy atom. The number of rotatable bonds is 3. The van der Waals surface area contributed by atoms with Gasteiger partial charge in [0.25, 0.3) is 5.91 Å². The molecule has 1 aliphatic rings. The number of hydrogen-bond acceptors (Lipinski definition) is 4. The number of nitrogens with one attached hydrogen (secondary N) is 1. The molecule has 1 aliphatic heterocycles. The van der Waals surface area contributed by atoms with E-state index >= 15 is 0 Å². The summed E-state index contributed by atoms with van der Waals surface area (Å²) >= 11 is 5.84. The molecule has 33 heavy (non-hydrogen) atoms. The summed E-state index contributed by atoms with van der Waals surface area (Å²) in [6, 6.07) is 6.11. The highest BCUT2D eigenvalue weighted by atomic mass is 35.5. The van der Waals surface area contributed by atoms with Crippen LogP contribution in [0.2, 0.25) is 5.15 Å². The van der Waals surface area contributed by atoms with Crippen LogP contribution >= 0.6 is 11.6 Å². The van der Waals surface area contributed by atoms with E-state index in [4.69, 9.17) is 16.3 Å². The van der Waals surface area contributed by atoms with Gasteiger partial charge < -0.3 is 15.0 Å². The van der Waals surface area contributed by atoms with Crippen LogP contribution in [-0.2, 0) is 10.9 Å². The van der Waals surface area contributed by atoms with Gasteiger partial charge in [0.1, 0.15) is 10.8 Å². The van der Waals surface area contributed by atoms with Gasteiger partial charge in [0.15, 0.2) is 0 Å². The molecule has 6 nitrogen and oxygen atoms in total. The lowest BCUT2D eigenvalue weighted by molar-refractivity contribution is -0.137. The van der Waals surface area contributed by atoms with Crippen LogP contribution in [0.25, 0.3) is 0 Å². The molecule has 2 amide bonds. The Morgan fingerprint density at radius 1 is 1.12 bits per heavy atom. The summed E-state index contributed by atoms with van der Waals surface area (Å²) in [5.41, 5.74) is -0.529. The van der Waals surface area contributed by atoms with Crippen LogP contribution in [0.4, 0.5) is 23.7 Å². The van der Waals surface area contributed by atoms with E-state index in [0.717, 1.165) is 12.1 Å². The minimum atomic E-state index is -4.52. The highest BCUT2D eigenvalue weighted by Crippen LogP contribution is 2.38. The van der Waals surface area contributed by atoms with Gasteiger partial charge in [0, 0.05) is 30.5 Å². The number of hydrogen-bond donors (Lipinski definition) is 1. The van der Waals surface area contributed by atoms with Crippen LogP contribution in [-0.4, -0.2) is 40.6 Å². The maximum absolute atomic E-state index is 13.4. The summed E-state index contributed by atoms with van der Waals surface area (Å²) in [6.07, 6.45) is -2.73. The van der Waals surface area contributed by atoms with Crippen molar-refractivity contribution in [3.8, 4) is 0 Å². The molecule has 1 aromatic carbocycles. The largest absolute Gasteiger partial charge is 0.444 e. The van der Waals surface area contributed by atoms with E-state index in [0.29, 0.717) is 31.5 Å². The van der Waals surface area contributed by atoms with Crippen LogP contribution < -0.4 is 5.32 Å². The molecule has 3 rings (SSSR count). The van der Waals surface area contributed by atoms with E-state index in [1.54, 1.807) is 25.7 Å². The Bertz CT molecular complexity index is 1030. The monoisotopic (exact) mass is 483 g/mol. The van der Waals surface area contributed by atoms with Crippen LogP contribution in [0.1, 0.15) is 61.0 Å². The average molecular weight is 484 g/mol. The van der Waals surface area contributed by atoms with Crippen molar-refractivity contribution in [1.29, 1.82) is 0 Å². The summed E-state index contributed by atoms with van der Waals surface area (Å²) in [5, 5.41) is 2.83. The van der Waals surface area contributed by atoms with Crippen molar-refractivity contribution in [2.75, 3.05) is 18.4 Å². The molecule has 1 fully saturated rings. The SMILES string of the molecule is CC(C)(C)OC(=O)N1CCC(c2cc(C(F)(F)F)ccc2NC(=O)c2ccnc(Cl)c2)CC1. The second-order valence-electron chi connectivity index (χ2n) is 8.86. The van der Waals surface area contributed by atoms with Crippen LogP contribution in [0, 0.1) is 0 Å². The van der Waals surface area contributed by atoms with Crippen molar-refractivity contribution in [3.63, 3.8) is 0 Å². The molecule has 10 heteroatoms. The predicted octanol–water partition coefficient (Wildman–Crippen LogP) is 6.12. The number of pyridine rings is 1. The zero-order valence-corrected chi connectivity index (χ0v) is 19.3. The molecule has 0 radical (unpaired) electrons. The van der Waals surface area contributed by atoms with Gasteiger partial charge in [-0.2, -0.15) is 13.2 Å². The number of piperidine rings is 1. The van der Waals surface area contributed by atoms with Gasteiger partial charge in [-0.25, -0.2) is 9.78 Å². The first-order chi connectivity index (χ1) is 15.3. The average Bonchev–Trinajstić information content (AvgIpc) is 2.72. The lowest BCUT2D eigenvalue weighted by Crippen LogP contribution is -2.41. The first-order valence-electron chi connectivity index (χ1n) is 10.5. The number of amides is 2. The van der Waals surface area contributed by atoms with Crippen molar-refractivity contribution in [2.45, 2.75) is 51.3 Å². The normalized spacial score (nSPS) is 15.3. The van der Waals surface area contributed by atoms with Gasteiger partial charge in [0.2, 0.25) is 0 Å². The summed E-state index contributed by atoms with van der Waals surface area (Å²) in [7, 11) is 0. The highest BCUT2D eigenvalue weighted by molar-refractivity contribution is 6.29. The third kappa shape index (κ3) is 6.60. The molecule has 1 saturated heterocycles. The fourth-order valence-corrected chi connectivity index (χ4v) is 3.80. The van der Waals surface area contributed by atoms with Crippen LogP contribution in [0.15, 0.2) is 36.5 Å². The van der Waals surface area contributed by atoms with Crippen molar-refractivity contribution < 1.29 is 27.5 Å². The molecule has 0 spiro atoms. The smallest absolute Gasteiger partial charge is 0.416 e. The number of likely N-dealkylation sites (tertiary alicyclic amines) is 1. The first kappa shape index (κ1) is 24.8. The molecule has 2 heterocycles. The predicted molar refractivity (Wildman–Crippen MR) is 118 cm³/mol. The number of carbonyl (C=O) groups is 2. The molecule has 0 aliphatic carbocycles. The molecular formula is C23H25ClF3N3O3. The summed E-state index contributed by atoms with van der Waals surface area (Å²) in [4.78, 5) is 30.4. The van der Waals surface area contributed by atoms with E-state index in [-0.39, 0.29) is 22.3 Å². The number of halogens is 4. The van der Waals surface area contributed by atoms with Gasteiger partial charge in [-0.1, -0.05) is 11.6 Å². The van der Waals surface area contributed by atoms with Gasteiger partial charge in [-0.3, -0.25) is 4.79 Å². The van der Waals surface area contributed by atoms with E-state index in [9.17, 15) is 22.8 Å². The molecule has 0 saturated carbocycles. The summed E-state index contributed by atoms with van der Waals surface area (Å²) < 4.78 is 45.5. The standard InChI is InChI=1S/C23H25ClF3N3O3/c1-22(2,3)33-21(32)30-10-7-14(8-11-30)17-13-16(23(25,26)27)4-5-18(17)29-20(31)15-6-9-28-19(24)12-15/h4-6,9,12-14H,7-8,10-11H2,1-3H3,(H,29,31). The third-order valence-electron chi connectivity index (χ3n) is 5.20. The van der Waals surface area contributed by atoms with E-state index < -0.39 is 29.3 Å². The third-order valence-corrected chi connectivity index (χ3v) is 5.41. The molecule has 1 aromatic heterocycles. The minimum Gasteiger partial charge on any atom is -0.444 e. The first-order valence-corrected chi connectivity index (χ1v) is 10.8. The van der Waals surface area contributed by atoms with E-state index in [2.05, 4.69) is 10.3 Å². The fourth-order valence-electron chi connectivity index (χ4n) is 3.63. The highest BCUT2D eigenvalue weighted by Gasteiger charge is 2.34. The Hall–Kier alpha value is -2.81. The molecule has 0 atom stereocenters. The molecule has 0 bridgehead atoms. The number of nitrogens with zero attached hydrogens (tertiary/aromatic N) is 2. The fraction of sp³-hybridized carbons (Fsp3) is 0.435. The van der Waals surface area contributed by atoms with Crippen LogP contribution in [0.3, 0.4) is 0 Å². The molecule has 0 unspecified atom stereocenters. The van der Waals surface area contributed by atoms with Crippen molar-refractivity contribution in [1.82, 2.24) is 9.88 Å². The Labute approximate surface area is 195 Å². The quantitative estimate of drug-likeness (QED) is 0.534. The van der Waals surface area contributed by atoms with Crippen LogP contribution in [0.5, 0.6) is 0 Å². The van der Waals surface area contributed by atoms with Gasteiger partial charge in [-0.05, 0) is 75.4 Å². The van der Waals surface area contributed by atoms with Crippen molar-refractivity contribution >= 4 is 29.3 Å². The van der Waals surface area contributed by atoms with E-state index in [1.165, 1.54) is 24.4 Å². The zero-order valence-electron chi connectivity index (χ0n) is 18.5. The maximum Gasteiger partial charge on any atom is 0.416 e. The number of alkyl halides is 3. The van der Waals surface area contributed by atoms with Gasteiger partial charge in [-0.15, -0.1) is 0 Å². The Balaban J connectivity index is 1.82. The Kier molecular flexibility index (Phi) is 7.21.